The van der Waals surface area contributed by atoms with Crippen molar-refractivity contribution in [3.63, 3.8) is 0 Å². The van der Waals surface area contributed by atoms with E-state index in [-0.39, 0.29) is 6.61 Å². The first-order valence-electron chi connectivity index (χ1n) is 4.36. The Morgan fingerprint density at radius 2 is 1.81 bits per heavy atom. The molecule has 0 aliphatic rings. The summed E-state index contributed by atoms with van der Waals surface area (Å²) in [5, 5.41) is 8.78. The number of hydrogen-bond acceptors (Lipinski definition) is 4. The highest BCUT2D eigenvalue weighted by Crippen LogP contribution is 2.21. The van der Waals surface area contributed by atoms with Gasteiger partial charge in [-0.05, 0) is 19.1 Å². The van der Waals surface area contributed by atoms with Crippen LogP contribution in [-0.4, -0.2) is 23.5 Å². The van der Waals surface area contributed by atoms with Crippen LogP contribution in [0.4, 0.5) is 8.78 Å². The van der Waals surface area contributed by atoms with Crippen molar-refractivity contribution in [1.82, 2.24) is 0 Å². The average molecular weight is 230 g/mol. The van der Waals surface area contributed by atoms with E-state index in [0.29, 0.717) is 12.1 Å². The molecule has 0 atom stereocenters. The van der Waals surface area contributed by atoms with Crippen LogP contribution in [-0.2, 0) is 9.53 Å². The predicted molar refractivity (Wildman–Crippen MR) is 49.0 cm³/mol. The van der Waals surface area contributed by atoms with Crippen LogP contribution in [0.1, 0.15) is 17.3 Å². The van der Waals surface area contributed by atoms with E-state index in [0.717, 1.165) is 0 Å². The number of hydrogen-bond donors (Lipinski definition) is 1. The Balaban J connectivity index is 3.06. The number of rotatable bonds is 3. The Bertz CT molecular complexity index is 419. The van der Waals surface area contributed by atoms with Crippen molar-refractivity contribution >= 4 is 11.8 Å². The van der Waals surface area contributed by atoms with Gasteiger partial charge in [-0.15, -0.1) is 0 Å². The molecule has 0 saturated heterocycles. The van der Waals surface area contributed by atoms with Crippen molar-refractivity contribution in [2.24, 2.45) is 0 Å². The van der Waals surface area contributed by atoms with E-state index in [1.54, 1.807) is 0 Å². The third kappa shape index (κ3) is 2.33. The monoisotopic (exact) mass is 230 g/mol. The number of carbonyl (C=O) groups excluding carboxylic acids is 2. The summed E-state index contributed by atoms with van der Waals surface area (Å²) in [5.74, 6) is -6.19. The predicted octanol–water partition coefficient (Wildman–Crippen LogP) is 1.42. The molecule has 0 saturated carbocycles. The molecule has 4 nitrogen and oxygen atoms in total. The topological polar surface area (TPSA) is 63.6 Å². The van der Waals surface area contributed by atoms with Crippen LogP contribution in [0.5, 0.6) is 5.75 Å². The molecule has 0 unspecified atom stereocenters. The Kier molecular flexibility index (Phi) is 3.55. The van der Waals surface area contributed by atoms with Crippen LogP contribution < -0.4 is 0 Å². The summed E-state index contributed by atoms with van der Waals surface area (Å²) in [4.78, 5) is 22.2. The molecule has 0 amide bonds. The normalized spacial score (nSPS) is 9.94. The minimum Gasteiger partial charge on any atom is -0.503 e. The van der Waals surface area contributed by atoms with Crippen molar-refractivity contribution in [3.8, 4) is 5.75 Å². The van der Waals surface area contributed by atoms with E-state index in [9.17, 15) is 18.4 Å². The zero-order valence-corrected chi connectivity index (χ0v) is 8.29. The van der Waals surface area contributed by atoms with Gasteiger partial charge in [0.05, 0.1) is 6.61 Å². The molecule has 0 fully saturated rings. The minimum atomic E-state index is -1.31. The SMILES string of the molecule is CCOC(=O)C(=O)c1cc(F)c(O)c(F)c1. The maximum atomic E-state index is 12.9. The number of Topliss-reactive ketones (excluding diaryl/α,β-unsaturated/α-hetero) is 1. The molecule has 0 aliphatic heterocycles. The molecule has 0 heterocycles. The molecule has 86 valence electrons. The first-order chi connectivity index (χ1) is 7.47. The first kappa shape index (κ1) is 12.1. The van der Waals surface area contributed by atoms with E-state index in [1.807, 2.05) is 0 Å². The highest BCUT2D eigenvalue weighted by Gasteiger charge is 2.21. The van der Waals surface area contributed by atoms with Gasteiger partial charge in [0.1, 0.15) is 0 Å². The molecule has 16 heavy (non-hydrogen) atoms. The third-order valence-corrected chi connectivity index (χ3v) is 1.74. The maximum Gasteiger partial charge on any atom is 0.379 e. The molecule has 0 aliphatic carbocycles. The molecular weight excluding hydrogens is 222 g/mol. The van der Waals surface area contributed by atoms with Gasteiger partial charge in [-0.2, -0.15) is 0 Å². The average Bonchev–Trinajstić information content (AvgIpc) is 2.24. The summed E-state index contributed by atoms with van der Waals surface area (Å²) < 4.78 is 30.1. The van der Waals surface area contributed by atoms with Gasteiger partial charge in [0, 0.05) is 5.56 Å². The number of carbonyl (C=O) groups is 2. The van der Waals surface area contributed by atoms with Crippen LogP contribution >= 0.6 is 0 Å². The Labute approximate surface area is 89.5 Å². The second-order valence-electron chi connectivity index (χ2n) is 2.84. The second kappa shape index (κ2) is 4.69. The number of ketones is 1. The van der Waals surface area contributed by atoms with Crippen LogP contribution in [0.2, 0.25) is 0 Å². The van der Waals surface area contributed by atoms with Gasteiger partial charge in [0.15, 0.2) is 17.4 Å². The van der Waals surface area contributed by atoms with Crippen molar-refractivity contribution in [2.45, 2.75) is 6.92 Å². The minimum absolute atomic E-state index is 0.0202. The van der Waals surface area contributed by atoms with Gasteiger partial charge < -0.3 is 9.84 Å². The van der Waals surface area contributed by atoms with Crippen molar-refractivity contribution < 1.29 is 28.2 Å². The Hall–Kier alpha value is -1.98. The lowest BCUT2D eigenvalue weighted by atomic mass is 10.1. The number of ether oxygens (including phenoxy) is 1. The molecule has 0 spiro atoms. The van der Waals surface area contributed by atoms with E-state index >= 15 is 0 Å². The molecule has 0 radical (unpaired) electrons. The molecule has 1 aromatic carbocycles. The van der Waals surface area contributed by atoms with Crippen molar-refractivity contribution in [1.29, 1.82) is 0 Å². The third-order valence-electron chi connectivity index (χ3n) is 1.74. The van der Waals surface area contributed by atoms with Crippen LogP contribution in [0.25, 0.3) is 0 Å². The molecule has 1 rings (SSSR count). The number of esters is 1. The smallest absolute Gasteiger partial charge is 0.379 e. The van der Waals surface area contributed by atoms with Gasteiger partial charge in [-0.1, -0.05) is 0 Å². The largest absolute Gasteiger partial charge is 0.503 e. The maximum absolute atomic E-state index is 12.9. The lowest BCUT2D eigenvalue weighted by molar-refractivity contribution is -0.137. The van der Waals surface area contributed by atoms with E-state index in [4.69, 9.17) is 5.11 Å². The Morgan fingerprint density at radius 3 is 2.25 bits per heavy atom. The van der Waals surface area contributed by atoms with E-state index in [2.05, 4.69) is 4.74 Å². The van der Waals surface area contributed by atoms with Crippen LogP contribution in [0, 0.1) is 11.6 Å². The lowest BCUT2D eigenvalue weighted by Crippen LogP contribution is -2.17. The molecule has 1 N–H and O–H groups in total. The van der Waals surface area contributed by atoms with Gasteiger partial charge >= 0.3 is 5.97 Å². The van der Waals surface area contributed by atoms with Crippen molar-refractivity contribution in [3.05, 3.63) is 29.3 Å². The number of halogens is 2. The summed E-state index contributed by atoms with van der Waals surface area (Å²) >= 11 is 0. The molecular formula is C10H8F2O4. The van der Waals surface area contributed by atoms with Gasteiger partial charge in [-0.25, -0.2) is 13.6 Å². The molecule has 1 aromatic rings. The zero-order valence-electron chi connectivity index (χ0n) is 8.29. The fourth-order valence-corrected chi connectivity index (χ4v) is 1.01. The van der Waals surface area contributed by atoms with Gasteiger partial charge in [0.2, 0.25) is 0 Å². The quantitative estimate of drug-likeness (QED) is 0.484. The van der Waals surface area contributed by atoms with Crippen molar-refractivity contribution in [2.75, 3.05) is 6.61 Å². The second-order valence-corrected chi connectivity index (χ2v) is 2.84. The summed E-state index contributed by atoms with van der Waals surface area (Å²) in [7, 11) is 0. The fraction of sp³-hybridized carbons (Fsp3) is 0.200. The van der Waals surface area contributed by atoms with Crippen LogP contribution in [0.3, 0.4) is 0 Å². The van der Waals surface area contributed by atoms with E-state index in [1.165, 1.54) is 6.92 Å². The molecule has 6 heteroatoms. The number of aromatic hydroxyl groups is 1. The zero-order chi connectivity index (χ0) is 12.3. The van der Waals surface area contributed by atoms with Gasteiger partial charge in [0.25, 0.3) is 5.78 Å². The standard InChI is InChI=1S/C10H8F2O4/c1-2-16-10(15)8(13)5-3-6(11)9(14)7(12)4-5/h3-4,14H,2H2,1H3. The number of phenolic OH excluding ortho intramolecular Hbond substituents is 1. The highest BCUT2D eigenvalue weighted by atomic mass is 19.1. The van der Waals surface area contributed by atoms with E-state index < -0.39 is 34.7 Å². The molecule has 0 aromatic heterocycles. The summed E-state index contributed by atoms with van der Waals surface area (Å²) in [6.07, 6.45) is 0. The Morgan fingerprint density at radius 1 is 1.31 bits per heavy atom. The first-order valence-corrected chi connectivity index (χ1v) is 4.36. The number of phenols is 1. The van der Waals surface area contributed by atoms with Gasteiger partial charge in [-0.3, -0.25) is 4.79 Å². The van der Waals surface area contributed by atoms with Crippen LogP contribution in [0.15, 0.2) is 12.1 Å². The summed E-state index contributed by atoms with van der Waals surface area (Å²) in [5.41, 5.74) is -0.508. The highest BCUT2D eigenvalue weighted by molar-refractivity contribution is 6.40. The summed E-state index contributed by atoms with van der Waals surface area (Å²) in [6.45, 7) is 1.47. The fourth-order valence-electron chi connectivity index (χ4n) is 1.01. The lowest BCUT2D eigenvalue weighted by Gasteiger charge is -2.03. The molecule has 0 bridgehead atoms. The summed E-state index contributed by atoms with van der Waals surface area (Å²) in [6, 6.07) is 1.13. The number of benzene rings is 1.